The van der Waals surface area contributed by atoms with Crippen molar-refractivity contribution in [2.45, 2.75) is 17.1 Å². The molecule has 0 aliphatic heterocycles. The summed E-state index contributed by atoms with van der Waals surface area (Å²) in [5.74, 6) is 0.500. The van der Waals surface area contributed by atoms with E-state index in [0.29, 0.717) is 22.4 Å². The average Bonchev–Trinajstić information content (AvgIpc) is 3.55. The van der Waals surface area contributed by atoms with Crippen LogP contribution in [0.1, 0.15) is 12.8 Å². The number of hydrogen-bond donors (Lipinski definition) is 4. The molecule has 1 saturated carbocycles. The Bertz CT molecular complexity index is 1630. The number of hydrogen-bond acceptors (Lipinski definition) is 7. The highest BCUT2D eigenvalue weighted by Crippen LogP contribution is 2.31. The van der Waals surface area contributed by atoms with E-state index in [1.54, 1.807) is 6.07 Å². The van der Waals surface area contributed by atoms with Gasteiger partial charge in [-0.3, -0.25) is 4.79 Å². The van der Waals surface area contributed by atoms with Crippen molar-refractivity contribution in [1.29, 1.82) is 0 Å². The molecule has 0 bridgehead atoms. The lowest BCUT2D eigenvalue weighted by molar-refractivity contribution is 0.256. The maximum absolute atomic E-state index is 12.8. The van der Waals surface area contributed by atoms with Gasteiger partial charge in [-0.05, 0) is 78.7 Å². The zero-order valence-electron chi connectivity index (χ0n) is 18.7. The number of sulfonamides is 1. The van der Waals surface area contributed by atoms with Crippen LogP contribution in [0, 0.1) is 5.92 Å². The first kappa shape index (κ1) is 24.2. The van der Waals surface area contributed by atoms with Gasteiger partial charge >= 0.3 is 6.03 Å². The molecule has 1 fully saturated rings. The Kier molecular flexibility index (Phi) is 6.37. The fraction of sp³-hybridized carbons (Fsp3) is 0.167. The summed E-state index contributed by atoms with van der Waals surface area (Å²) in [6.45, 7) is 0.890. The summed E-state index contributed by atoms with van der Waals surface area (Å²) in [5.41, 5.74) is 1.14. The first-order chi connectivity index (χ1) is 17.2. The first-order valence-electron chi connectivity index (χ1n) is 11.0. The number of aromatic hydroxyl groups is 1. The van der Waals surface area contributed by atoms with Gasteiger partial charge in [-0.25, -0.2) is 22.5 Å². The second kappa shape index (κ2) is 9.49. The van der Waals surface area contributed by atoms with E-state index < -0.39 is 21.6 Å². The zero-order valence-corrected chi connectivity index (χ0v) is 21.1. The molecule has 0 saturated heterocycles. The number of carbonyl (C=O) groups is 1. The van der Waals surface area contributed by atoms with Crippen molar-refractivity contribution in [2.24, 2.45) is 5.92 Å². The Labute approximate surface area is 215 Å². The maximum atomic E-state index is 12.8. The Morgan fingerprint density at radius 3 is 2.44 bits per heavy atom. The summed E-state index contributed by atoms with van der Waals surface area (Å²) in [5, 5.41) is 17.8. The van der Waals surface area contributed by atoms with Gasteiger partial charge in [0.15, 0.2) is 0 Å². The van der Waals surface area contributed by atoms with Crippen LogP contribution in [-0.2, 0) is 10.0 Å². The van der Waals surface area contributed by atoms with Crippen LogP contribution >= 0.6 is 22.9 Å². The smallest absolute Gasteiger partial charge is 0.333 e. The molecule has 0 spiro atoms. The number of thiophene rings is 1. The Hall–Kier alpha value is -3.54. The van der Waals surface area contributed by atoms with Gasteiger partial charge in [-0.2, -0.15) is 0 Å². The van der Waals surface area contributed by atoms with E-state index in [1.165, 1.54) is 55.3 Å². The molecule has 12 heteroatoms. The van der Waals surface area contributed by atoms with Crippen molar-refractivity contribution in [3.63, 3.8) is 0 Å². The second-order valence-electron chi connectivity index (χ2n) is 8.43. The highest BCUT2D eigenvalue weighted by Gasteiger charge is 2.21. The molecule has 1 aliphatic rings. The molecule has 4 N–H and O–H groups in total. The topological polar surface area (TPSA) is 130 Å². The normalized spacial score (nSPS) is 13.5. The summed E-state index contributed by atoms with van der Waals surface area (Å²) >= 11 is 6.59. The number of fused-ring (bicyclic) bond motifs is 1. The van der Waals surface area contributed by atoms with Crippen LogP contribution in [0.25, 0.3) is 16.5 Å². The van der Waals surface area contributed by atoms with Crippen molar-refractivity contribution in [2.75, 3.05) is 17.2 Å². The summed E-state index contributed by atoms with van der Waals surface area (Å²) in [6, 6.07) is 14.7. The number of rotatable bonds is 7. The van der Waals surface area contributed by atoms with Gasteiger partial charge in [0, 0.05) is 29.4 Å². The third-order valence-corrected chi connectivity index (χ3v) is 8.77. The summed E-state index contributed by atoms with van der Waals surface area (Å²) < 4.78 is 27.8. The molecule has 0 atom stereocenters. The van der Waals surface area contributed by atoms with Crippen LogP contribution in [-0.4, -0.2) is 30.7 Å². The number of anilines is 2. The first-order valence-corrected chi connectivity index (χ1v) is 13.7. The van der Waals surface area contributed by atoms with Gasteiger partial charge in [-0.1, -0.05) is 11.6 Å². The number of nitrogens with one attached hydrogen (secondary N) is 3. The molecular weight excluding hydrogens is 524 g/mol. The highest BCUT2D eigenvalue weighted by atomic mass is 35.5. The molecule has 2 heterocycles. The number of nitrogens with zero attached hydrogens (tertiary/aromatic N) is 1. The molecule has 5 rings (SSSR count). The third kappa shape index (κ3) is 5.18. The molecule has 9 nitrogen and oxygen atoms in total. The van der Waals surface area contributed by atoms with Crippen LogP contribution in [0.2, 0.25) is 4.34 Å². The van der Waals surface area contributed by atoms with E-state index in [1.807, 2.05) is 16.9 Å². The summed E-state index contributed by atoms with van der Waals surface area (Å²) in [6.07, 6.45) is 2.46. The minimum Gasteiger partial charge on any atom is -0.494 e. The maximum Gasteiger partial charge on any atom is 0.333 e. The minimum absolute atomic E-state index is 0.0880. The largest absolute Gasteiger partial charge is 0.494 e. The van der Waals surface area contributed by atoms with Crippen LogP contribution in [0.3, 0.4) is 0 Å². The lowest BCUT2D eigenvalue weighted by Gasteiger charge is -2.13. The number of pyridine rings is 1. The fourth-order valence-electron chi connectivity index (χ4n) is 3.72. The van der Waals surface area contributed by atoms with Crippen molar-refractivity contribution >= 4 is 61.1 Å². The molecule has 0 radical (unpaired) electrons. The van der Waals surface area contributed by atoms with Crippen LogP contribution < -0.4 is 20.9 Å². The van der Waals surface area contributed by atoms with E-state index in [9.17, 15) is 23.1 Å². The van der Waals surface area contributed by atoms with Crippen LogP contribution in [0.4, 0.5) is 16.2 Å². The molecule has 2 aromatic heterocycles. The molecule has 2 aromatic carbocycles. The SMILES string of the molecule is O=C(Nc1ccc(-n2c(O)c3ccc(NCC4CC4)cc3cc2=O)cc1)NS(=O)(=O)c1ccc(Cl)s1. The van der Waals surface area contributed by atoms with Gasteiger partial charge in [0.25, 0.3) is 15.6 Å². The van der Waals surface area contributed by atoms with Crippen molar-refractivity contribution < 1.29 is 18.3 Å². The molecule has 186 valence electrons. The Balaban J connectivity index is 1.32. The standard InChI is InChI=1S/C24H21ClN4O5S2/c25-20-9-10-22(35-20)36(33,34)28-24(32)27-16-3-6-18(7-4-16)29-21(30)12-15-11-17(26-13-14-1-2-14)5-8-19(15)23(29)31/h3-12,14,26,31H,1-2,13H2,(H2,27,28,32). The third-order valence-electron chi connectivity index (χ3n) is 5.72. The van der Waals surface area contributed by atoms with Gasteiger partial charge in [0.1, 0.15) is 4.21 Å². The molecule has 1 aliphatic carbocycles. The lowest BCUT2D eigenvalue weighted by Crippen LogP contribution is -2.33. The second-order valence-corrected chi connectivity index (χ2v) is 12.1. The van der Waals surface area contributed by atoms with Crippen LogP contribution in [0.5, 0.6) is 5.88 Å². The van der Waals surface area contributed by atoms with Crippen molar-refractivity contribution in [1.82, 2.24) is 9.29 Å². The van der Waals surface area contributed by atoms with E-state index in [0.717, 1.165) is 28.1 Å². The van der Waals surface area contributed by atoms with E-state index in [4.69, 9.17) is 11.6 Å². The number of carbonyl (C=O) groups excluding carboxylic acids is 1. The monoisotopic (exact) mass is 544 g/mol. The molecule has 4 aromatic rings. The minimum atomic E-state index is -4.06. The fourth-order valence-corrected chi connectivity index (χ4v) is 6.11. The van der Waals surface area contributed by atoms with Crippen molar-refractivity contribution in [3.05, 3.63) is 75.4 Å². The number of benzene rings is 2. The summed E-state index contributed by atoms with van der Waals surface area (Å²) in [4.78, 5) is 25.0. The number of urea groups is 1. The van der Waals surface area contributed by atoms with Crippen LogP contribution in [0.15, 0.2) is 69.7 Å². The molecular formula is C24H21ClN4O5S2. The number of amides is 2. The molecule has 36 heavy (non-hydrogen) atoms. The average molecular weight is 545 g/mol. The van der Waals surface area contributed by atoms with Gasteiger partial charge < -0.3 is 15.7 Å². The number of aromatic nitrogens is 1. The zero-order chi connectivity index (χ0) is 25.4. The van der Waals surface area contributed by atoms with E-state index in [2.05, 4.69) is 10.6 Å². The quantitative estimate of drug-likeness (QED) is 0.266. The molecule has 2 amide bonds. The Morgan fingerprint density at radius 2 is 1.78 bits per heavy atom. The predicted molar refractivity (Wildman–Crippen MR) is 141 cm³/mol. The van der Waals surface area contributed by atoms with Gasteiger partial charge in [0.2, 0.25) is 5.88 Å². The molecule has 0 unspecified atom stereocenters. The lowest BCUT2D eigenvalue weighted by atomic mass is 10.1. The predicted octanol–water partition coefficient (Wildman–Crippen LogP) is 4.74. The van der Waals surface area contributed by atoms with E-state index >= 15 is 0 Å². The van der Waals surface area contributed by atoms with Crippen molar-refractivity contribution in [3.8, 4) is 11.6 Å². The summed E-state index contributed by atoms with van der Waals surface area (Å²) in [7, 11) is -4.06. The number of halogens is 1. The highest BCUT2D eigenvalue weighted by molar-refractivity contribution is 7.92. The van der Waals surface area contributed by atoms with E-state index in [-0.39, 0.29) is 20.1 Å². The van der Waals surface area contributed by atoms with Gasteiger partial charge in [0.05, 0.1) is 10.0 Å². The van der Waals surface area contributed by atoms with Gasteiger partial charge in [-0.15, -0.1) is 11.3 Å². The Morgan fingerprint density at radius 1 is 1.06 bits per heavy atom.